The Morgan fingerprint density at radius 2 is 2.08 bits per heavy atom. The van der Waals surface area contributed by atoms with Crippen LogP contribution in [0.2, 0.25) is 0 Å². The van der Waals surface area contributed by atoms with Crippen molar-refractivity contribution in [1.29, 1.82) is 0 Å². The summed E-state index contributed by atoms with van der Waals surface area (Å²) in [6, 6.07) is 1.94. The van der Waals surface area contributed by atoms with E-state index in [1.165, 1.54) is 0 Å². The van der Waals surface area contributed by atoms with Crippen molar-refractivity contribution < 1.29 is 9.90 Å². The summed E-state index contributed by atoms with van der Waals surface area (Å²) >= 11 is 0. The molecule has 0 spiro atoms. The van der Waals surface area contributed by atoms with E-state index < -0.39 is 5.97 Å². The number of aromatic carboxylic acids is 1. The summed E-state index contributed by atoms with van der Waals surface area (Å²) in [6.45, 7) is 5.94. The Morgan fingerprint density at radius 1 is 1.54 bits per heavy atom. The molecule has 1 aromatic rings. The zero-order valence-electron chi connectivity index (χ0n) is 8.46. The molecule has 0 aliphatic rings. The minimum absolute atomic E-state index is 0.358. The molecular formula is C10H15NO2. The van der Waals surface area contributed by atoms with Gasteiger partial charge in [0.15, 0.2) is 0 Å². The van der Waals surface area contributed by atoms with Gasteiger partial charge in [-0.05, 0) is 24.5 Å². The molecule has 0 bridgehead atoms. The van der Waals surface area contributed by atoms with Gasteiger partial charge in [-0.2, -0.15) is 0 Å². The van der Waals surface area contributed by atoms with Gasteiger partial charge >= 0.3 is 5.97 Å². The minimum atomic E-state index is -0.855. The van der Waals surface area contributed by atoms with Crippen LogP contribution in [0.15, 0.2) is 6.07 Å². The minimum Gasteiger partial charge on any atom is -0.477 e. The second-order valence-corrected chi connectivity index (χ2v) is 3.62. The summed E-state index contributed by atoms with van der Waals surface area (Å²) in [5, 5.41) is 8.92. The number of carboxylic acids is 1. The van der Waals surface area contributed by atoms with E-state index in [2.05, 4.69) is 13.8 Å². The Bertz CT molecular complexity index is 337. The Balaban J connectivity index is 3.30. The van der Waals surface area contributed by atoms with Gasteiger partial charge in [-0.1, -0.05) is 13.8 Å². The zero-order valence-corrected chi connectivity index (χ0v) is 8.46. The molecule has 0 saturated carbocycles. The van der Waals surface area contributed by atoms with Crippen LogP contribution in [0, 0.1) is 6.92 Å². The van der Waals surface area contributed by atoms with Crippen LogP contribution in [0.1, 0.15) is 41.5 Å². The largest absolute Gasteiger partial charge is 0.477 e. The van der Waals surface area contributed by atoms with E-state index in [0.29, 0.717) is 11.6 Å². The molecule has 3 heteroatoms. The monoisotopic (exact) mass is 181 g/mol. The summed E-state index contributed by atoms with van der Waals surface area (Å²) in [4.78, 5) is 10.9. The van der Waals surface area contributed by atoms with Crippen LogP contribution in [0.4, 0.5) is 0 Å². The quantitative estimate of drug-likeness (QED) is 0.759. The first-order chi connectivity index (χ1) is 5.95. The number of rotatable bonds is 2. The second kappa shape index (κ2) is 3.24. The van der Waals surface area contributed by atoms with E-state index in [4.69, 9.17) is 5.11 Å². The number of aryl methyl sites for hydroxylation is 1. The lowest BCUT2D eigenvalue weighted by molar-refractivity contribution is 0.0685. The molecule has 3 nitrogen and oxygen atoms in total. The fourth-order valence-corrected chi connectivity index (χ4v) is 1.65. The molecule has 1 aromatic heterocycles. The van der Waals surface area contributed by atoms with E-state index in [-0.39, 0.29) is 0 Å². The molecular weight excluding hydrogens is 166 g/mol. The first-order valence-electron chi connectivity index (χ1n) is 4.34. The van der Waals surface area contributed by atoms with Crippen molar-refractivity contribution in [1.82, 2.24) is 4.57 Å². The third-order valence-corrected chi connectivity index (χ3v) is 2.25. The first kappa shape index (κ1) is 9.84. The van der Waals surface area contributed by atoms with E-state index >= 15 is 0 Å². The molecule has 0 fully saturated rings. The molecule has 0 aromatic carbocycles. The predicted octanol–water partition coefficient (Wildman–Crippen LogP) is 2.16. The number of hydrogen-bond donors (Lipinski definition) is 1. The average molecular weight is 181 g/mol. The Hall–Kier alpha value is -1.25. The van der Waals surface area contributed by atoms with Crippen molar-refractivity contribution >= 4 is 5.97 Å². The lowest BCUT2D eigenvalue weighted by atomic mass is 10.1. The number of carboxylic acid groups (broad SMARTS) is 1. The molecule has 72 valence electrons. The molecule has 13 heavy (non-hydrogen) atoms. The Kier molecular flexibility index (Phi) is 2.45. The lowest BCUT2D eigenvalue weighted by Gasteiger charge is -2.07. The van der Waals surface area contributed by atoms with Gasteiger partial charge in [0.1, 0.15) is 5.69 Å². The van der Waals surface area contributed by atoms with Gasteiger partial charge < -0.3 is 9.67 Å². The molecule has 1 N–H and O–H groups in total. The normalized spacial score (nSPS) is 10.8. The second-order valence-electron chi connectivity index (χ2n) is 3.62. The van der Waals surface area contributed by atoms with Gasteiger partial charge in [-0.15, -0.1) is 0 Å². The molecule has 1 heterocycles. The van der Waals surface area contributed by atoms with Crippen LogP contribution in [0.3, 0.4) is 0 Å². The van der Waals surface area contributed by atoms with Crippen LogP contribution in [0.5, 0.6) is 0 Å². The van der Waals surface area contributed by atoms with Crippen LogP contribution in [-0.2, 0) is 7.05 Å². The maximum atomic E-state index is 10.9. The van der Waals surface area contributed by atoms with Gasteiger partial charge in [0.25, 0.3) is 0 Å². The molecule has 1 rings (SSSR count). The van der Waals surface area contributed by atoms with Crippen molar-refractivity contribution in [3.63, 3.8) is 0 Å². The van der Waals surface area contributed by atoms with Crippen LogP contribution in [-0.4, -0.2) is 15.6 Å². The van der Waals surface area contributed by atoms with Crippen LogP contribution in [0.25, 0.3) is 0 Å². The van der Waals surface area contributed by atoms with Crippen molar-refractivity contribution in [2.75, 3.05) is 0 Å². The first-order valence-corrected chi connectivity index (χ1v) is 4.34. The highest BCUT2D eigenvalue weighted by molar-refractivity contribution is 5.87. The highest BCUT2D eigenvalue weighted by Gasteiger charge is 2.16. The summed E-state index contributed by atoms with van der Waals surface area (Å²) in [6.07, 6.45) is 0. The SMILES string of the molecule is Cc1cc(C(C)C)n(C)c1C(=O)O. The number of hydrogen-bond acceptors (Lipinski definition) is 1. The van der Waals surface area contributed by atoms with Crippen molar-refractivity contribution in [3.05, 3.63) is 23.0 Å². The number of carbonyl (C=O) groups is 1. The molecule has 0 unspecified atom stereocenters. The van der Waals surface area contributed by atoms with E-state index in [0.717, 1.165) is 11.3 Å². The summed E-state index contributed by atoms with van der Waals surface area (Å²) < 4.78 is 1.75. The van der Waals surface area contributed by atoms with Gasteiger partial charge in [-0.25, -0.2) is 4.79 Å². The molecule has 0 radical (unpaired) electrons. The zero-order chi connectivity index (χ0) is 10.2. The Morgan fingerprint density at radius 3 is 2.31 bits per heavy atom. The summed E-state index contributed by atoms with van der Waals surface area (Å²) in [5.74, 6) is -0.497. The lowest BCUT2D eigenvalue weighted by Crippen LogP contribution is -2.08. The third-order valence-electron chi connectivity index (χ3n) is 2.25. The van der Waals surface area contributed by atoms with Gasteiger partial charge in [0.05, 0.1) is 0 Å². The standard InChI is InChI=1S/C10H15NO2/c1-6(2)8-5-7(3)9(10(12)13)11(8)4/h5-6H,1-4H3,(H,12,13). The highest BCUT2D eigenvalue weighted by Crippen LogP contribution is 2.20. The fourth-order valence-electron chi connectivity index (χ4n) is 1.65. The van der Waals surface area contributed by atoms with E-state index in [1.54, 1.807) is 11.6 Å². The van der Waals surface area contributed by atoms with E-state index in [1.807, 2.05) is 13.0 Å². The number of nitrogens with zero attached hydrogens (tertiary/aromatic N) is 1. The average Bonchev–Trinajstić information content (AvgIpc) is 2.26. The summed E-state index contributed by atoms with van der Waals surface area (Å²) in [7, 11) is 1.80. The van der Waals surface area contributed by atoms with Gasteiger partial charge in [0, 0.05) is 12.7 Å². The molecule has 0 atom stereocenters. The topological polar surface area (TPSA) is 42.2 Å². The maximum Gasteiger partial charge on any atom is 0.352 e. The van der Waals surface area contributed by atoms with Crippen molar-refractivity contribution in [2.24, 2.45) is 7.05 Å². The Labute approximate surface area is 78.0 Å². The van der Waals surface area contributed by atoms with E-state index in [9.17, 15) is 4.79 Å². The van der Waals surface area contributed by atoms with Crippen LogP contribution < -0.4 is 0 Å². The van der Waals surface area contributed by atoms with Crippen molar-refractivity contribution in [2.45, 2.75) is 26.7 Å². The number of aromatic nitrogens is 1. The maximum absolute atomic E-state index is 10.9. The summed E-state index contributed by atoms with van der Waals surface area (Å²) in [5.41, 5.74) is 2.29. The fraction of sp³-hybridized carbons (Fsp3) is 0.500. The van der Waals surface area contributed by atoms with Crippen molar-refractivity contribution in [3.8, 4) is 0 Å². The highest BCUT2D eigenvalue weighted by atomic mass is 16.4. The van der Waals surface area contributed by atoms with Crippen LogP contribution >= 0.6 is 0 Å². The smallest absolute Gasteiger partial charge is 0.352 e. The molecule has 0 saturated heterocycles. The van der Waals surface area contributed by atoms with Gasteiger partial charge in [-0.3, -0.25) is 0 Å². The molecule has 0 amide bonds. The molecule has 0 aliphatic heterocycles. The molecule has 0 aliphatic carbocycles. The van der Waals surface area contributed by atoms with Gasteiger partial charge in [0.2, 0.25) is 0 Å². The third kappa shape index (κ3) is 1.59. The predicted molar refractivity (Wildman–Crippen MR) is 51.2 cm³/mol.